The predicted molar refractivity (Wildman–Crippen MR) is 67.3 cm³/mol. The number of hydrogen-bond acceptors (Lipinski definition) is 4. The molecule has 1 saturated heterocycles. The van der Waals surface area contributed by atoms with Crippen LogP contribution < -0.4 is 0 Å². The van der Waals surface area contributed by atoms with Gasteiger partial charge in [-0.05, 0) is 23.6 Å². The molecule has 0 radical (unpaired) electrons. The Kier molecular flexibility index (Phi) is 3.82. The number of carbonyl (C=O) groups excluding carboxylic acids is 1. The van der Waals surface area contributed by atoms with Crippen LogP contribution in [0.4, 0.5) is 0 Å². The van der Waals surface area contributed by atoms with Crippen molar-refractivity contribution < 1.29 is 17.9 Å². The molecule has 2 rings (SSSR count). The maximum atomic E-state index is 12.1. The maximum absolute atomic E-state index is 12.1. The zero-order chi connectivity index (χ0) is 13.2. The van der Waals surface area contributed by atoms with Crippen molar-refractivity contribution in [3.63, 3.8) is 0 Å². The molecule has 1 aromatic carbocycles. The fraction of sp³-hybridized carbons (Fsp3) is 0.462. The number of ether oxygens (including phenoxy) is 1. The van der Waals surface area contributed by atoms with E-state index < -0.39 is 15.1 Å². The van der Waals surface area contributed by atoms with Crippen LogP contribution in [0.3, 0.4) is 0 Å². The number of carbonyl (C=O) groups is 1. The summed E-state index contributed by atoms with van der Waals surface area (Å²) in [5.74, 6) is 0.117. The monoisotopic (exact) mass is 268 g/mol. The van der Waals surface area contributed by atoms with Gasteiger partial charge < -0.3 is 9.53 Å². The lowest BCUT2D eigenvalue weighted by atomic mass is 9.99. The minimum Gasteiger partial charge on any atom is -0.379 e. The summed E-state index contributed by atoms with van der Waals surface area (Å²) in [6.45, 7) is 2.51. The van der Waals surface area contributed by atoms with E-state index >= 15 is 0 Å². The molecule has 0 N–H and O–H groups in total. The fourth-order valence-electron chi connectivity index (χ4n) is 1.85. The van der Waals surface area contributed by atoms with Crippen LogP contribution in [-0.2, 0) is 19.4 Å². The lowest BCUT2D eigenvalue weighted by molar-refractivity contribution is -0.108. The van der Waals surface area contributed by atoms with Crippen molar-refractivity contribution in [3.8, 4) is 0 Å². The number of benzene rings is 1. The molecule has 1 unspecified atom stereocenters. The van der Waals surface area contributed by atoms with Gasteiger partial charge in [0, 0.05) is 6.42 Å². The van der Waals surface area contributed by atoms with Crippen LogP contribution >= 0.6 is 0 Å². The van der Waals surface area contributed by atoms with Crippen LogP contribution in [0.15, 0.2) is 29.2 Å². The summed E-state index contributed by atoms with van der Waals surface area (Å²) in [6.07, 6.45) is 1.32. The largest absolute Gasteiger partial charge is 0.379 e. The second-order valence-corrected chi connectivity index (χ2v) is 6.81. The van der Waals surface area contributed by atoms with Gasteiger partial charge in [0.1, 0.15) is 11.5 Å². The van der Waals surface area contributed by atoms with Gasteiger partial charge in [-0.25, -0.2) is 8.42 Å². The predicted octanol–water partition coefficient (Wildman–Crippen LogP) is 1.55. The van der Waals surface area contributed by atoms with Gasteiger partial charge in [-0.3, -0.25) is 0 Å². The molecule has 0 aromatic heterocycles. The normalized spacial score (nSPS) is 18.1. The minimum absolute atomic E-state index is 0.117. The molecule has 4 nitrogen and oxygen atoms in total. The number of aldehydes is 1. The SMILES string of the molecule is CC(CC=O)c1ccc(S(=O)(=O)C2COC2)cc1. The Labute approximate surface area is 107 Å². The Bertz CT molecular complexity index is 514. The summed E-state index contributed by atoms with van der Waals surface area (Å²) >= 11 is 0. The molecule has 0 saturated carbocycles. The maximum Gasteiger partial charge on any atom is 0.185 e. The average Bonchev–Trinajstić information content (AvgIpc) is 2.26. The van der Waals surface area contributed by atoms with Gasteiger partial charge in [0.25, 0.3) is 0 Å². The first-order valence-corrected chi connectivity index (χ1v) is 7.45. The Balaban J connectivity index is 2.19. The van der Waals surface area contributed by atoms with Crippen molar-refractivity contribution in [2.45, 2.75) is 29.4 Å². The smallest absolute Gasteiger partial charge is 0.185 e. The molecule has 0 amide bonds. The highest BCUT2D eigenvalue weighted by atomic mass is 32.2. The van der Waals surface area contributed by atoms with Gasteiger partial charge in [-0.2, -0.15) is 0 Å². The molecule has 1 aliphatic heterocycles. The van der Waals surface area contributed by atoms with Crippen LogP contribution in [0.2, 0.25) is 0 Å². The highest BCUT2D eigenvalue weighted by molar-refractivity contribution is 7.92. The van der Waals surface area contributed by atoms with Gasteiger partial charge in [0.05, 0.1) is 18.1 Å². The molecule has 5 heteroatoms. The van der Waals surface area contributed by atoms with Crippen molar-refractivity contribution in [1.29, 1.82) is 0 Å². The van der Waals surface area contributed by atoms with E-state index in [0.29, 0.717) is 11.3 Å². The Morgan fingerprint density at radius 1 is 1.33 bits per heavy atom. The van der Waals surface area contributed by atoms with Gasteiger partial charge in [-0.1, -0.05) is 19.1 Å². The summed E-state index contributed by atoms with van der Waals surface area (Å²) in [5, 5.41) is -0.407. The van der Waals surface area contributed by atoms with Crippen LogP contribution in [0, 0.1) is 0 Å². The van der Waals surface area contributed by atoms with Gasteiger partial charge in [0.15, 0.2) is 9.84 Å². The molecule has 0 bridgehead atoms. The van der Waals surface area contributed by atoms with Crippen LogP contribution in [0.1, 0.15) is 24.8 Å². The van der Waals surface area contributed by atoms with Crippen LogP contribution in [0.25, 0.3) is 0 Å². The van der Waals surface area contributed by atoms with Crippen LogP contribution in [-0.4, -0.2) is 33.2 Å². The van der Waals surface area contributed by atoms with Crippen molar-refractivity contribution >= 4 is 16.1 Å². The first-order valence-electron chi connectivity index (χ1n) is 5.91. The first kappa shape index (κ1) is 13.2. The van der Waals surface area contributed by atoms with E-state index in [2.05, 4.69) is 0 Å². The van der Waals surface area contributed by atoms with E-state index in [1.54, 1.807) is 24.3 Å². The number of hydrogen-bond donors (Lipinski definition) is 0. The molecule has 1 aliphatic rings. The van der Waals surface area contributed by atoms with E-state index in [1.807, 2.05) is 6.92 Å². The van der Waals surface area contributed by atoms with E-state index in [1.165, 1.54) is 0 Å². The number of sulfone groups is 1. The lowest BCUT2D eigenvalue weighted by Gasteiger charge is -2.25. The summed E-state index contributed by atoms with van der Waals surface area (Å²) in [6, 6.07) is 6.79. The zero-order valence-corrected chi connectivity index (χ0v) is 11.0. The Hall–Kier alpha value is -1.20. The standard InChI is InChI=1S/C13H16O4S/c1-10(6-7-14)11-2-4-12(5-3-11)18(15,16)13-8-17-9-13/h2-5,7,10,13H,6,8-9H2,1H3. The van der Waals surface area contributed by atoms with E-state index in [9.17, 15) is 13.2 Å². The molecule has 1 atom stereocenters. The van der Waals surface area contributed by atoms with E-state index in [0.717, 1.165) is 11.8 Å². The first-order chi connectivity index (χ1) is 8.55. The third kappa shape index (κ3) is 2.47. The molecule has 1 fully saturated rings. The zero-order valence-electron chi connectivity index (χ0n) is 10.2. The molecular formula is C13H16O4S. The van der Waals surface area contributed by atoms with Crippen molar-refractivity contribution in [1.82, 2.24) is 0 Å². The highest BCUT2D eigenvalue weighted by Gasteiger charge is 2.33. The Morgan fingerprint density at radius 2 is 1.94 bits per heavy atom. The van der Waals surface area contributed by atoms with Gasteiger partial charge >= 0.3 is 0 Å². The molecule has 18 heavy (non-hydrogen) atoms. The van der Waals surface area contributed by atoms with Crippen molar-refractivity contribution in [2.24, 2.45) is 0 Å². The third-order valence-corrected chi connectivity index (χ3v) is 5.35. The second kappa shape index (κ2) is 5.20. The molecule has 0 aliphatic carbocycles. The average molecular weight is 268 g/mol. The third-order valence-electron chi connectivity index (χ3n) is 3.27. The Morgan fingerprint density at radius 3 is 2.39 bits per heavy atom. The van der Waals surface area contributed by atoms with E-state index in [4.69, 9.17) is 4.74 Å². The molecule has 1 heterocycles. The summed E-state index contributed by atoms with van der Waals surface area (Å²) in [7, 11) is -3.25. The summed E-state index contributed by atoms with van der Waals surface area (Å²) < 4.78 is 29.1. The molecule has 0 spiro atoms. The van der Waals surface area contributed by atoms with Gasteiger partial charge in [-0.15, -0.1) is 0 Å². The highest BCUT2D eigenvalue weighted by Crippen LogP contribution is 2.24. The fourth-order valence-corrected chi connectivity index (χ4v) is 3.30. The number of rotatable bonds is 5. The molecular weight excluding hydrogens is 252 g/mol. The van der Waals surface area contributed by atoms with E-state index in [-0.39, 0.29) is 19.1 Å². The minimum atomic E-state index is -3.25. The van der Waals surface area contributed by atoms with Crippen molar-refractivity contribution in [3.05, 3.63) is 29.8 Å². The second-order valence-electron chi connectivity index (χ2n) is 4.58. The van der Waals surface area contributed by atoms with Gasteiger partial charge in [0.2, 0.25) is 0 Å². The molecule has 1 aromatic rings. The quantitative estimate of drug-likeness (QED) is 0.760. The van der Waals surface area contributed by atoms with Crippen LogP contribution in [0.5, 0.6) is 0 Å². The summed E-state index contributed by atoms with van der Waals surface area (Å²) in [5.41, 5.74) is 0.978. The summed E-state index contributed by atoms with van der Waals surface area (Å²) in [4.78, 5) is 10.8. The lowest BCUT2D eigenvalue weighted by Crippen LogP contribution is -2.40. The van der Waals surface area contributed by atoms with Crippen molar-refractivity contribution in [2.75, 3.05) is 13.2 Å². The molecule has 98 valence electrons. The topological polar surface area (TPSA) is 60.4 Å².